The molecule has 2 aliphatic rings. The molecular formula is C14H19N5. The Kier molecular flexibility index (Phi) is 3.49. The molecule has 0 radical (unpaired) electrons. The Balaban J connectivity index is 1.68. The van der Waals surface area contributed by atoms with Crippen LogP contribution in [0.25, 0.3) is 0 Å². The van der Waals surface area contributed by atoms with Crippen molar-refractivity contribution in [3.05, 3.63) is 12.4 Å². The molecule has 5 heteroatoms. The third-order valence-electron chi connectivity index (χ3n) is 3.80. The zero-order chi connectivity index (χ0) is 13.1. The lowest BCUT2D eigenvalue weighted by Gasteiger charge is -2.32. The van der Waals surface area contributed by atoms with E-state index in [4.69, 9.17) is 5.26 Å². The molecule has 2 fully saturated rings. The Hall–Kier alpha value is -1.83. The molecule has 3 rings (SSSR count). The van der Waals surface area contributed by atoms with Gasteiger partial charge >= 0.3 is 0 Å². The second kappa shape index (κ2) is 5.43. The molecule has 2 heterocycles. The fraction of sp³-hybridized carbons (Fsp3) is 0.643. The maximum atomic E-state index is 8.82. The van der Waals surface area contributed by atoms with Crippen LogP contribution in [-0.2, 0) is 0 Å². The highest BCUT2D eigenvalue weighted by atomic mass is 15.2. The van der Waals surface area contributed by atoms with Gasteiger partial charge in [-0.25, -0.2) is 9.97 Å². The topological polar surface area (TPSA) is 64.8 Å². The molecule has 1 saturated carbocycles. The van der Waals surface area contributed by atoms with E-state index < -0.39 is 0 Å². The van der Waals surface area contributed by atoms with Crippen molar-refractivity contribution in [1.29, 1.82) is 5.26 Å². The van der Waals surface area contributed by atoms with Gasteiger partial charge in [0, 0.05) is 31.6 Å². The average Bonchev–Trinajstić information content (AvgIpc) is 3.24. The van der Waals surface area contributed by atoms with E-state index in [0.29, 0.717) is 18.4 Å². The van der Waals surface area contributed by atoms with Gasteiger partial charge in [0.05, 0.1) is 6.07 Å². The van der Waals surface area contributed by atoms with E-state index in [1.807, 2.05) is 6.07 Å². The molecule has 1 aliphatic heterocycles. The Bertz CT molecular complexity index is 477. The molecular weight excluding hydrogens is 238 g/mol. The lowest BCUT2D eigenvalue weighted by atomic mass is 9.95. The predicted octanol–water partition coefficient (Wildman–Crippen LogP) is 2.18. The first-order valence-corrected chi connectivity index (χ1v) is 7.05. The van der Waals surface area contributed by atoms with Crippen LogP contribution in [0.1, 0.15) is 32.1 Å². The highest BCUT2D eigenvalue weighted by Crippen LogP contribution is 2.27. The Morgan fingerprint density at radius 1 is 1.37 bits per heavy atom. The Labute approximate surface area is 113 Å². The van der Waals surface area contributed by atoms with E-state index in [0.717, 1.165) is 37.6 Å². The summed E-state index contributed by atoms with van der Waals surface area (Å²) in [6.45, 7) is 1.97. The van der Waals surface area contributed by atoms with Crippen molar-refractivity contribution >= 4 is 11.6 Å². The van der Waals surface area contributed by atoms with Crippen molar-refractivity contribution in [2.75, 3.05) is 23.3 Å². The van der Waals surface area contributed by atoms with Gasteiger partial charge in [0.1, 0.15) is 18.0 Å². The molecule has 1 unspecified atom stereocenters. The number of aromatic nitrogens is 2. The minimum Gasteiger partial charge on any atom is -0.367 e. The van der Waals surface area contributed by atoms with E-state index in [-0.39, 0.29) is 0 Å². The van der Waals surface area contributed by atoms with Gasteiger partial charge < -0.3 is 10.2 Å². The number of piperidine rings is 1. The minimum absolute atomic E-state index is 0.480. The standard InChI is InChI=1S/C14H19N5/c15-6-5-11-2-1-7-19(9-11)14-8-13(16-10-17-14)18-12-3-4-12/h8,10-12H,1-5,7,9H2,(H,16,17,18). The molecule has 1 aromatic rings. The van der Waals surface area contributed by atoms with Crippen molar-refractivity contribution in [2.24, 2.45) is 5.92 Å². The van der Waals surface area contributed by atoms with Gasteiger partial charge in [-0.2, -0.15) is 5.26 Å². The molecule has 1 aliphatic carbocycles. The summed E-state index contributed by atoms with van der Waals surface area (Å²) >= 11 is 0. The van der Waals surface area contributed by atoms with Crippen molar-refractivity contribution in [3.63, 3.8) is 0 Å². The Morgan fingerprint density at radius 2 is 2.26 bits per heavy atom. The second-order valence-electron chi connectivity index (χ2n) is 5.50. The van der Waals surface area contributed by atoms with Crippen molar-refractivity contribution in [3.8, 4) is 6.07 Å². The van der Waals surface area contributed by atoms with Gasteiger partial charge in [0.15, 0.2) is 0 Å². The number of nitrogens with zero attached hydrogens (tertiary/aromatic N) is 4. The summed E-state index contributed by atoms with van der Waals surface area (Å²) in [5.41, 5.74) is 0. The summed E-state index contributed by atoms with van der Waals surface area (Å²) in [5, 5.41) is 12.2. The largest absolute Gasteiger partial charge is 0.367 e. The van der Waals surface area contributed by atoms with Crippen LogP contribution in [0, 0.1) is 17.2 Å². The number of anilines is 2. The van der Waals surface area contributed by atoms with Crippen molar-refractivity contribution in [2.45, 2.75) is 38.1 Å². The zero-order valence-electron chi connectivity index (χ0n) is 11.0. The lowest BCUT2D eigenvalue weighted by molar-refractivity contribution is 0.420. The van der Waals surface area contributed by atoms with Crippen LogP contribution in [0.4, 0.5) is 11.6 Å². The zero-order valence-corrected chi connectivity index (χ0v) is 11.0. The van der Waals surface area contributed by atoms with Crippen molar-refractivity contribution in [1.82, 2.24) is 9.97 Å². The van der Waals surface area contributed by atoms with Gasteiger partial charge in [-0.05, 0) is 31.6 Å². The third kappa shape index (κ3) is 3.14. The molecule has 1 aromatic heterocycles. The summed E-state index contributed by atoms with van der Waals surface area (Å²) in [5.74, 6) is 2.39. The van der Waals surface area contributed by atoms with Gasteiger partial charge in [0.2, 0.25) is 0 Å². The third-order valence-corrected chi connectivity index (χ3v) is 3.80. The summed E-state index contributed by atoms with van der Waals surface area (Å²) in [6, 6.07) is 4.93. The number of hydrogen-bond acceptors (Lipinski definition) is 5. The predicted molar refractivity (Wildman–Crippen MR) is 73.8 cm³/mol. The summed E-state index contributed by atoms with van der Waals surface area (Å²) < 4.78 is 0. The molecule has 1 saturated heterocycles. The molecule has 1 N–H and O–H groups in total. The number of nitriles is 1. The smallest absolute Gasteiger partial charge is 0.134 e. The summed E-state index contributed by atoms with van der Waals surface area (Å²) in [7, 11) is 0. The van der Waals surface area contributed by atoms with E-state index in [2.05, 4.69) is 26.3 Å². The van der Waals surface area contributed by atoms with E-state index in [1.165, 1.54) is 12.8 Å². The maximum Gasteiger partial charge on any atom is 0.134 e. The minimum atomic E-state index is 0.480. The fourth-order valence-electron chi connectivity index (χ4n) is 2.60. The van der Waals surface area contributed by atoms with Crippen LogP contribution < -0.4 is 10.2 Å². The van der Waals surface area contributed by atoms with Crippen LogP contribution in [0.3, 0.4) is 0 Å². The van der Waals surface area contributed by atoms with Crippen molar-refractivity contribution < 1.29 is 0 Å². The highest BCUT2D eigenvalue weighted by molar-refractivity contribution is 5.49. The van der Waals surface area contributed by atoms with Crippen LogP contribution in [0.5, 0.6) is 0 Å². The van der Waals surface area contributed by atoms with Gasteiger partial charge in [-0.1, -0.05) is 0 Å². The summed E-state index contributed by atoms with van der Waals surface area (Å²) in [6.07, 6.45) is 7.06. The molecule has 19 heavy (non-hydrogen) atoms. The van der Waals surface area contributed by atoms with Gasteiger partial charge in [0.25, 0.3) is 0 Å². The normalized spacial score (nSPS) is 22.9. The van der Waals surface area contributed by atoms with E-state index >= 15 is 0 Å². The highest BCUT2D eigenvalue weighted by Gasteiger charge is 2.23. The first-order valence-electron chi connectivity index (χ1n) is 7.05. The van der Waals surface area contributed by atoms with Gasteiger partial charge in [-0.15, -0.1) is 0 Å². The molecule has 100 valence electrons. The number of rotatable bonds is 4. The molecule has 5 nitrogen and oxygen atoms in total. The molecule has 1 atom stereocenters. The maximum absolute atomic E-state index is 8.82. The fourth-order valence-corrected chi connectivity index (χ4v) is 2.60. The first-order chi connectivity index (χ1) is 9.35. The van der Waals surface area contributed by atoms with Crippen LogP contribution in [0.15, 0.2) is 12.4 Å². The number of hydrogen-bond donors (Lipinski definition) is 1. The molecule has 0 aromatic carbocycles. The lowest BCUT2D eigenvalue weighted by Crippen LogP contribution is -2.35. The summed E-state index contributed by atoms with van der Waals surface area (Å²) in [4.78, 5) is 10.9. The van der Waals surface area contributed by atoms with Gasteiger partial charge in [-0.3, -0.25) is 0 Å². The molecule has 0 spiro atoms. The number of nitrogens with one attached hydrogen (secondary N) is 1. The SMILES string of the molecule is N#CCC1CCCN(c2cc(NC3CC3)ncn2)C1. The second-order valence-corrected chi connectivity index (χ2v) is 5.50. The monoisotopic (exact) mass is 257 g/mol. The van der Waals surface area contributed by atoms with E-state index in [9.17, 15) is 0 Å². The first kappa shape index (κ1) is 12.2. The Morgan fingerprint density at radius 3 is 3.05 bits per heavy atom. The van der Waals surface area contributed by atoms with Crippen LogP contribution in [0.2, 0.25) is 0 Å². The van der Waals surface area contributed by atoms with Crippen LogP contribution in [-0.4, -0.2) is 29.1 Å². The quantitative estimate of drug-likeness (QED) is 0.895. The molecule has 0 bridgehead atoms. The molecule has 0 amide bonds. The average molecular weight is 257 g/mol. The van der Waals surface area contributed by atoms with Crippen LogP contribution >= 0.6 is 0 Å². The van der Waals surface area contributed by atoms with E-state index in [1.54, 1.807) is 6.33 Å².